The molecule has 7 heteroatoms. The summed E-state index contributed by atoms with van der Waals surface area (Å²) < 4.78 is 7.79. The number of carbonyl (C=O) groups excluding carboxylic acids is 1. The van der Waals surface area contributed by atoms with E-state index in [4.69, 9.17) is 9.72 Å². The first-order chi connectivity index (χ1) is 15.0. The maximum absolute atomic E-state index is 13.4. The number of carbonyl (C=O) groups is 1. The van der Waals surface area contributed by atoms with E-state index in [0.717, 1.165) is 17.3 Å². The predicted octanol–water partition coefficient (Wildman–Crippen LogP) is 4.81. The van der Waals surface area contributed by atoms with Gasteiger partial charge in [-0.3, -0.25) is 14.2 Å². The summed E-state index contributed by atoms with van der Waals surface area (Å²) in [6.07, 6.45) is 1.82. The molecule has 1 unspecified atom stereocenters. The lowest BCUT2D eigenvalue weighted by molar-refractivity contribution is 0.0674. The summed E-state index contributed by atoms with van der Waals surface area (Å²) in [5, 5.41) is 0.564. The monoisotopic (exact) mass is 485 g/mol. The zero-order valence-corrected chi connectivity index (χ0v) is 19.8. The van der Waals surface area contributed by atoms with Crippen LogP contribution in [0.3, 0.4) is 0 Å². The highest BCUT2D eigenvalue weighted by Gasteiger charge is 2.26. The summed E-state index contributed by atoms with van der Waals surface area (Å²) in [4.78, 5) is 33.3. The molecule has 164 valence electrons. The van der Waals surface area contributed by atoms with Crippen molar-refractivity contribution in [3.63, 3.8) is 0 Å². The molecule has 1 heterocycles. The molecule has 0 aliphatic rings. The molecule has 0 radical (unpaired) electrons. The van der Waals surface area contributed by atoms with Crippen molar-refractivity contribution >= 4 is 32.7 Å². The van der Waals surface area contributed by atoms with Crippen LogP contribution >= 0.6 is 15.9 Å². The van der Waals surface area contributed by atoms with Gasteiger partial charge in [0.2, 0.25) is 0 Å². The predicted molar refractivity (Wildman–Crippen MR) is 126 cm³/mol. The highest BCUT2D eigenvalue weighted by Crippen LogP contribution is 2.23. The van der Waals surface area contributed by atoms with Gasteiger partial charge in [-0.15, -0.1) is 0 Å². The lowest BCUT2D eigenvalue weighted by atomic mass is 10.1. The number of aromatic nitrogens is 2. The van der Waals surface area contributed by atoms with E-state index < -0.39 is 0 Å². The van der Waals surface area contributed by atoms with Crippen LogP contribution in [0, 0.1) is 0 Å². The maximum atomic E-state index is 13.4. The third-order valence-electron chi connectivity index (χ3n) is 5.36. The zero-order chi connectivity index (χ0) is 22.4. The SMILES string of the molecule is CCCCN(C(=O)c1ccc(Br)cc1)C(C)c1nc2ccccc2c(=O)n1CCOC. The van der Waals surface area contributed by atoms with Crippen molar-refractivity contribution in [1.29, 1.82) is 0 Å². The van der Waals surface area contributed by atoms with Crippen LogP contribution in [0.25, 0.3) is 10.9 Å². The number of fused-ring (bicyclic) bond motifs is 1. The van der Waals surface area contributed by atoms with Gasteiger partial charge in [0.05, 0.1) is 30.1 Å². The standard InChI is InChI=1S/C24H28BrN3O3/c1-4-5-14-27(23(29)18-10-12-19(25)13-11-18)17(2)22-26-21-9-7-6-8-20(21)24(30)28(22)15-16-31-3/h6-13,17H,4-5,14-16H2,1-3H3. The van der Waals surface area contributed by atoms with Crippen LogP contribution in [0.15, 0.2) is 57.8 Å². The Balaban J connectivity index is 2.09. The van der Waals surface area contributed by atoms with E-state index in [2.05, 4.69) is 22.9 Å². The minimum Gasteiger partial charge on any atom is -0.383 e. The number of benzene rings is 2. The van der Waals surface area contributed by atoms with Crippen molar-refractivity contribution < 1.29 is 9.53 Å². The van der Waals surface area contributed by atoms with Gasteiger partial charge in [0.1, 0.15) is 5.82 Å². The average Bonchev–Trinajstić information content (AvgIpc) is 2.78. The molecule has 6 nitrogen and oxygen atoms in total. The Kier molecular flexibility index (Phi) is 7.98. The Labute approximate surface area is 191 Å². The second-order valence-electron chi connectivity index (χ2n) is 7.47. The summed E-state index contributed by atoms with van der Waals surface area (Å²) >= 11 is 3.42. The number of hydrogen-bond donors (Lipinski definition) is 0. The fraction of sp³-hybridized carbons (Fsp3) is 0.375. The van der Waals surface area contributed by atoms with Crippen LogP contribution in [0.1, 0.15) is 48.9 Å². The summed E-state index contributed by atoms with van der Waals surface area (Å²) in [6.45, 7) is 5.37. The van der Waals surface area contributed by atoms with Crippen LogP contribution in [0.5, 0.6) is 0 Å². The Morgan fingerprint density at radius 2 is 1.90 bits per heavy atom. The normalized spacial score (nSPS) is 12.1. The van der Waals surface area contributed by atoms with Gasteiger partial charge in [-0.2, -0.15) is 0 Å². The van der Waals surface area contributed by atoms with Crippen LogP contribution in [0.4, 0.5) is 0 Å². The Bertz CT molecular complexity index is 1100. The molecule has 0 aliphatic carbocycles. The van der Waals surface area contributed by atoms with Crippen molar-refractivity contribution in [3.8, 4) is 0 Å². The van der Waals surface area contributed by atoms with Crippen LogP contribution in [-0.4, -0.2) is 40.6 Å². The third kappa shape index (κ3) is 5.22. The smallest absolute Gasteiger partial charge is 0.261 e. The molecule has 0 bridgehead atoms. The summed E-state index contributed by atoms with van der Waals surface area (Å²) in [7, 11) is 1.60. The number of nitrogens with zero attached hydrogens (tertiary/aromatic N) is 3. The van der Waals surface area contributed by atoms with Crippen LogP contribution in [0.2, 0.25) is 0 Å². The third-order valence-corrected chi connectivity index (χ3v) is 5.88. The van der Waals surface area contributed by atoms with Gasteiger partial charge in [0, 0.05) is 23.7 Å². The number of para-hydroxylation sites is 1. The topological polar surface area (TPSA) is 64.4 Å². The van der Waals surface area contributed by atoms with E-state index in [1.807, 2.05) is 54.3 Å². The number of ether oxygens (including phenoxy) is 1. The average molecular weight is 486 g/mol. The number of amides is 1. The minimum absolute atomic E-state index is 0.0749. The molecule has 3 aromatic rings. The lowest BCUT2D eigenvalue weighted by Crippen LogP contribution is -2.38. The first kappa shape index (κ1) is 23.2. The van der Waals surface area contributed by atoms with E-state index in [1.54, 1.807) is 17.7 Å². The highest BCUT2D eigenvalue weighted by molar-refractivity contribution is 9.10. The Morgan fingerprint density at radius 1 is 1.19 bits per heavy atom. The van der Waals surface area contributed by atoms with Gasteiger partial charge in [-0.25, -0.2) is 4.98 Å². The molecule has 0 saturated heterocycles. The van der Waals surface area contributed by atoms with Gasteiger partial charge in [-0.1, -0.05) is 41.4 Å². The van der Waals surface area contributed by atoms with Crippen LogP contribution < -0.4 is 5.56 Å². The first-order valence-electron chi connectivity index (χ1n) is 10.5. The molecule has 31 heavy (non-hydrogen) atoms. The maximum Gasteiger partial charge on any atom is 0.261 e. The van der Waals surface area contributed by atoms with Gasteiger partial charge < -0.3 is 9.64 Å². The van der Waals surface area contributed by atoms with Gasteiger partial charge >= 0.3 is 0 Å². The number of rotatable bonds is 9. The number of hydrogen-bond acceptors (Lipinski definition) is 4. The molecule has 1 atom stereocenters. The Hall–Kier alpha value is -2.51. The quantitative estimate of drug-likeness (QED) is 0.436. The summed E-state index contributed by atoms with van der Waals surface area (Å²) in [5.41, 5.74) is 1.13. The fourth-order valence-electron chi connectivity index (χ4n) is 3.60. The molecular weight excluding hydrogens is 458 g/mol. The molecule has 0 spiro atoms. The lowest BCUT2D eigenvalue weighted by Gasteiger charge is -2.30. The fourth-order valence-corrected chi connectivity index (χ4v) is 3.86. The largest absolute Gasteiger partial charge is 0.383 e. The molecule has 2 aromatic carbocycles. The molecule has 0 N–H and O–H groups in total. The number of halogens is 1. The van der Waals surface area contributed by atoms with Crippen molar-refractivity contribution in [3.05, 3.63) is 74.7 Å². The molecular formula is C24H28BrN3O3. The van der Waals surface area contributed by atoms with Crippen molar-refractivity contribution in [2.45, 2.75) is 39.3 Å². The number of methoxy groups -OCH3 is 1. The van der Waals surface area contributed by atoms with Crippen molar-refractivity contribution in [2.24, 2.45) is 0 Å². The molecule has 1 aromatic heterocycles. The van der Waals surface area contributed by atoms with Gasteiger partial charge in [-0.05, 0) is 49.7 Å². The molecule has 1 amide bonds. The van der Waals surface area contributed by atoms with Gasteiger partial charge in [0.25, 0.3) is 11.5 Å². The van der Waals surface area contributed by atoms with E-state index in [9.17, 15) is 9.59 Å². The first-order valence-corrected chi connectivity index (χ1v) is 11.3. The Morgan fingerprint density at radius 3 is 2.58 bits per heavy atom. The van der Waals surface area contributed by atoms with Gasteiger partial charge in [0.15, 0.2) is 0 Å². The zero-order valence-electron chi connectivity index (χ0n) is 18.2. The van der Waals surface area contributed by atoms with E-state index >= 15 is 0 Å². The van der Waals surface area contributed by atoms with E-state index in [-0.39, 0.29) is 17.5 Å². The highest BCUT2D eigenvalue weighted by atomic mass is 79.9. The molecule has 0 fully saturated rings. The summed E-state index contributed by atoms with van der Waals surface area (Å²) in [6, 6.07) is 14.3. The minimum atomic E-state index is -0.378. The van der Waals surface area contributed by atoms with Crippen molar-refractivity contribution in [1.82, 2.24) is 14.5 Å². The van der Waals surface area contributed by atoms with E-state index in [0.29, 0.717) is 42.0 Å². The van der Waals surface area contributed by atoms with E-state index in [1.165, 1.54) is 0 Å². The summed E-state index contributed by atoms with van der Waals surface area (Å²) in [5.74, 6) is 0.497. The number of unbranched alkanes of at least 4 members (excludes halogenated alkanes) is 1. The molecule has 3 rings (SSSR count). The molecule has 0 aliphatic heterocycles. The molecule has 0 saturated carbocycles. The second-order valence-corrected chi connectivity index (χ2v) is 8.39. The van der Waals surface area contributed by atoms with Crippen LogP contribution in [-0.2, 0) is 11.3 Å². The second kappa shape index (κ2) is 10.7. The van der Waals surface area contributed by atoms with Crippen molar-refractivity contribution in [2.75, 3.05) is 20.3 Å².